The van der Waals surface area contributed by atoms with E-state index in [1.807, 2.05) is 30.5 Å². The number of pyridine rings is 2. The van der Waals surface area contributed by atoms with Crippen LogP contribution in [0.25, 0.3) is 21.9 Å². The monoisotopic (exact) mass is 363 g/mol. The molecule has 1 unspecified atom stereocenters. The number of nitrogens with zero attached hydrogens (tertiary/aromatic N) is 4. The molecule has 4 heterocycles. The fourth-order valence-electron chi connectivity index (χ4n) is 4.31. The van der Waals surface area contributed by atoms with E-state index in [9.17, 15) is 4.79 Å². The predicted molar refractivity (Wildman–Crippen MR) is 107 cm³/mol. The molecule has 27 heavy (non-hydrogen) atoms. The number of hydrogen-bond donors (Lipinski definition) is 1. The van der Waals surface area contributed by atoms with Gasteiger partial charge in [0.15, 0.2) is 0 Å². The van der Waals surface area contributed by atoms with Crippen molar-refractivity contribution in [2.24, 2.45) is 5.92 Å². The highest BCUT2D eigenvalue weighted by Gasteiger charge is 2.31. The number of fused-ring (bicyclic) bond motifs is 3. The van der Waals surface area contributed by atoms with Gasteiger partial charge in [-0.15, -0.1) is 0 Å². The maximum absolute atomic E-state index is 12.6. The molecule has 1 atom stereocenters. The van der Waals surface area contributed by atoms with Crippen molar-refractivity contribution in [2.75, 3.05) is 25.0 Å². The molecule has 1 saturated heterocycles. The van der Waals surface area contributed by atoms with Crippen LogP contribution < -0.4 is 4.90 Å². The summed E-state index contributed by atoms with van der Waals surface area (Å²) in [5.41, 5.74) is 3.00. The number of carbonyl (C=O) groups excluding carboxylic acids is 1. The molecule has 3 aromatic heterocycles. The van der Waals surface area contributed by atoms with Gasteiger partial charge in [-0.1, -0.05) is 0 Å². The van der Waals surface area contributed by atoms with Crippen LogP contribution in [0.1, 0.15) is 32.1 Å². The minimum Gasteiger partial charge on any atom is -0.369 e. The Balaban J connectivity index is 1.45. The van der Waals surface area contributed by atoms with Gasteiger partial charge in [0.05, 0.1) is 11.7 Å². The van der Waals surface area contributed by atoms with Gasteiger partial charge in [-0.3, -0.25) is 9.78 Å². The lowest BCUT2D eigenvalue weighted by atomic mass is 10.0. The van der Waals surface area contributed by atoms with E-state index >= 15 is 0 Å². The molecule has 3 aromatic rings. The number of carbonyl (C=O) groups is 1. The normalized spacial score (nSPS) is 20.3. The van der Waals surface area contributed by atoms with Crippen molar-refractivity contribution < 1.29 is 4.79 Å². The number of piperidine rings is 1. The SMILES string of the molecule is CN(C(=O)CC1CC1)C1CCCN(c2ccnc3cnc4[nH]ccc4c23)C1. The number of aromatic amines is 1. The van der Waals surface area contributed by atoms with Crippen LogP contribution >= 0.6 is 0 Å². The topological polar surface area (TPSA) is 65.1 Å². The van der Waals surface area contributed by atoms with Gasteiger partial charge in [0, 0.05) is 61.5 Å². The largest absolute Gasteiger partial charge is 0.369 e. The Labute approximate surface area is 158 Å². The van der Waals surface area contributed by atoms with Crippen LogP contribution in [0.2, 0.25) is 0 Å². The van der Waals surface area contributed by atoms with Crippen LogP contribution in [-0.4, -0.2) is 51.9 Å². The fourth-order valence-corrected chi connectivity index (χ4v) is 4.31. The maximum atomic E-state index is 12.6. The molecule has 140 valence electrons. The van der Waals surface area contributed by atoms with Crippen molar-refractivity contribution in [3.8, 4) is 0 Å². The van der Waals surface area contributed by atoms with Crippen LogP contribution in [0.3, 0.4) is 0 Å². The molecule has 0 bridgehead atoms. The lowest BCUT2D eigenvalue weighted by molar-refractivity contribution is -0.132. The van der Waals surface area contributed by atoms with Gasteiger partial charge < -0.3 is 14.8 Å². The highest BCUT2D eigenvalue weighted by molar-refractivity contribution is 6.10. The lowest BCUT2D eigenvalue weighted by Crippen LogP contribution is -2.48. The Morgan fingerprint density at radius 2 is 2.19 bits per heavy atom. The standard InChI is InChI=1S/C21H25N5O/c1-25(19(27)11-14-4-5-14)15-3-2-10-26(13-15)18-7-9-22-17-12-24-21-16(20(17)18)6-8-23-21/h6-9,12,14-15H,2-5,10-11,13H2,1H3,(H,23,24). The molecule has 1 N–H and O–H groups in total. The molecule has 5 rings (SSSR count). The second-order valence-corrected chi connectivity index (χ2v) is 7.98. The Morgan fingerprint density at radius 3 is 3.04 bits per heavy atom. The third kappa shape index (κ3) is 3.03. The summed E-state index contributed by atoms with van der Waals surface area (Å²) in [7, 11) is 1.98. The Kier molecular flexibility index (Phi) is 3.99. The third-order valence-corrected chi connectivity index (χ3v) is 6.11. The first-order chi connectivity index (χ1) is 13.2. The predicted octanol–water partition coefficient (Wildman–Crippen LogP) is 3.34. The Hall–Kier alpha value is -2.63. The van der Waals surface area contributed by atoms with E-state index in [2.05, 4.69) is 32.0 Å². The zero-order chi connectivity index (χ0) is 18.4. The highest BCUT2D eigenvalue weighted by Crippen LogP contribution is 2.35. The number of hydrogen-bond acceptors (Lipinski definition) is 4. The molecule has 2 aliphatic rings. The first-order valence-corrected chi connectivity index (χ1v) is 9.92. The molecular formula is C21H25N5O. The summed E-state index contributed by atoms with van der Waals surface area (Å²) in [4.78, 5) is 29.2. The average molecular weight is 363 g/mol. The van der Waals surface area contributed by atoms with E-state index in [0.29, 0.717) is 11.8 Å². The maximum Gasteiger partial charge on any atom is 0.222 e. The lowest BCUT2D eigenvalue weighted by Gasteiger charge is -2.39. The smallest absolute Gasteiger partial charge is 0.222 e. The van der Waals surface area contributed by atoms with Gasteiger partial charge in [-0.2, -0.15) is 0 Å². The van der Waals surface area contributed by atoms with Crippen molar-refractivity contribution in [3.63, 3.8) is 0 Å². The minimum atomic E-state index is 0.275. The van der Waals surface area contributed by atoms with Crippen LogP contribution in [0, 0.1) is 5.92 Å². The molecule has 6 heteroatoms. The van der Waals surface area contributed by atoms with Gasteiger partial charge in [0.1, 0.15) is 5.65 Å². The number of anilines is 1. The zero-order valence-corrected chi connectivity index (χ0v) is 15.7. The molecule has 2 fully saturated rings. The number of rotatable bonds is 4. The van der Waals surface area contributed by atoms with Crippen LogP contribution in [0.15, 0.2) is 30.7 Å². The van der Waals surface area contributed by atoms with E-state index in [1.165, 1.54) is 18.5 Å². The zero-order valence-electron chi connectivity index (χ0n) is 15.7. The number of H-pyrrole nitrogens is 1. The molecule has 0 aromatic carbocycles. The molecule has 1 aliphatic heterocycles. The fraction of sp³-hybridized carbons (Fsp3) is 0.476. The minimum absolute atomic E-state index is 0.275. The molecule has 0 spiro atoms. The van der Waals surface area contributed by atoms with Crippen LogP contribution in [0.4, 0.5) is 5.69 Å². The molecular weight excluding hydrogens is 338 g/mol. The average Bonchev–Trinajstić information content (AvgIpc) is 3.38. The van der Waals surface area contributed by atoms with Crippen molar-refractivity contribution in [3.05, 3.63) is 30.7 Å². The van der Waals surface area contributed by atoms with Gasteiger partial charge in [-0.25, -0.2) is 4.98 Å². The van der Waals surface area contributed by atoms with Crippen molar-refractivity contribution in [1.29, 1.82) is 0 Å². The summed E-state index contributed by atoms with van der Waals surface area (Å²) >= 11 is 0. The summed E-state index contributed by atoms with van der Waals surface area (Å²) in [5.74, 6) is 0.944. The summed E-state index contributed by atoms with van der Waals surface area (Å²) in [5, 5.41) is 2.26. The van der Waals surface area contributed by atoms with E-state index < -0.39 is 0 Å². The quantitative estimate of drug-likeness (QED) is 0.772. The second-order valence-electron chi connectivity index (χ2n) is 7.98. The summed E-state index contributed by atoms with van der Waals surface area (Å²) in [6.07, 6.45) is 11.0. The molecule has 1 aliphatic carbocycles. The molecule has 0 radical (unpaired) electrons. The van der Waals surface area contributed by atoms with Crippen LogP contribution in [0.5, 0.6) is 0 Å². The van der Waals surface area contributed by atoms with Gasteiger partial charge in [0.25, 0.3) is 0 Å². The summed E-state index contributed by atoms with van der Waals surface area (Å²) in [6.45, 7) is 1.88. The van der Waals surface area contributed by atoms with Crippen LogP contribution in [-0.2, 0) is 4.79 Å². The summed E-state index contributed by atoms with van der Waals surface area (Å²) in [6, 6.07) is 4.45. The highest BCUT2D eigenvalue weighted by atomic mass is 16.2. The van der Waals surface area contributed by atoms with Crippen molar-refractivity contribution >= 4 is 33.5 Å². The van der Waals surface area contributed by atoms with Gasteiger partial charge in [0.2, 0.25) is 5.91 Å². The summed E-state index contributed by atoms with van der Waals surface area (Å²) < 4.78 is 0. The number of amides is 1. The number of likely N-dealkylation sites (N-methyl/N-ethyl adjacent to an activating group) is 1. The number of aromatic nitrogens is 3. The van der Waals surface area contributed by atoms with E-state index in [1.54, 1.807) is 0 Å². The van der Waals surface area contributed by atoms with E-state index in [0.717, 1.165) is 54.3 Å². The van der Waals surface area contributed by atoms with Gasteiger partial charge in [-0.05, 0) is 43.7 Å². The second kappa shape index (κ2) is 6.51. The first-order valence-electron chi connectivity index (χ1n) is 9.92. The Bertz CT molecular complexity index is 993. The first kappa shape index (κ1) is 16.5. The molecule has 6 nitrogen and oxygen atoms in total. The number of nitrogens with one attached hydrogen (secondary N) is 1. The molecule has 1 saturated carbocycles. The van der Waals surface area contributed by atoms with Crippen molar-refractivity contribution in [2.45, 2.75) is 38.1 Å². The van der Waals surface area contributed by atoms with Crippen molar-refractivity contribution in [1.82, 2.24) is 19.9 Å². The van der Waals surface area contributed by atoms with Gasteiger partial charge >= 0.3 is 0 Å². The van der Waals surface area contributed by atoms with E-state index in [4.69, 9.17) is 0 Å². The third-order valence-electron chi connectivity index (χ3n) is 6.11. The Morgan fingerprint density at radius 1 is 1.30 bits per heavy atom. The molecule has 1 amide bonds. The van der Waals surface area contributed by atoms with E-state index in [-0.39, 0.29) is 6.04 Å².